The van der Waals surface area contributed by atoms with Crippen molar-refractivity contribution in [1.29, 1.82) is 0 Å². The summed E-state index contributed by atoms with van der Waals surface area (Å²) < 4.78 is 69.8. The maximum atomic E-state index is 12.4. The summed E-state index contributed by atoms with van der Waals surface area (Å²) in [6.45, 7) is 0. The van der Waals surface area contributed by atoms with Crippen molar-refractivity contribution in [3.8, 4) is 0 Å². The van der Waals surface area contributed by atoms with Crippen LogP contribution in [0.5, 0.6) is 0 Å². The molecule has 0 saturated carbocycles. The molecule has 0 aliphatic heterocycles. The maximum Gasteiger partial charge on any atom is 0.416 e. The lowest BCUT2D eigenvalue weighted by Gasteiger charge is -2.10. The molecule has 1 rings (SSSR count). The Morgan fingerprint density at radius 3 is 2.44 bits per heavy atom. The standard InChI is InChI=1S/C8H7F4NO2S/c9-8(10,11)7-1-3-13-5-6(7)2-4-16(12,14)15/h1,3,5H,2,4H2. The summed E-state index contributed by atoms with van der Waals surface area (Å²) in [6, 6.07) is 0.722. The molecule has 1 aromatic heterocycles. The van der Waals surface area contributed by atoms with E-state index >= 15 is 0 Å². The van der Waals surface area contributed by atoms with Crippen molar-refractivity contribution in [3.05, 3.63) is 29.6 Å². The van der Waals surface area contributed by atoms with Crippen molar-refractivity contribution in [2.45, 2.75) is 12.6 Å². The minimum absolute atomic E-state index is 0.337. The van der Waals surface area contributed by atoms with E-state index < -0.39 is 34.1 Å². The number of aryl methyl sites for hydroxylation is 1. The molecule has 3 nitrogen and oxygen atoms in total. The number of rotatable bonds is 3. The van der Waals surface area contributed by atoms with Gasteiger partial charge in [0.2, 0.25) is 0 Å². The van der Waals surface area contributed by atoms with Gasteiger partial charge in [-0.15, -0.1) is 3.89 Å². The first-order chi connectivity index (χ1) is 7.20. The molecule has 0 fully saturated rings. The van der Waals surface area contributed by atoms with Crippen LogP contribution in [0.3, 0.4) is 0 Å². The monoisotopic (exact) mass is 257 g/mol. The van der Waals surface area contributed by atoms with Crippen LogP contribution in [0.4, 0.5) is 17.1 Å². The number of aromatic nitrogens is 1. The third kappa shape index (κ3) is 3.76. The first-order valence-electron chi connectivity index (χ1n) is 4.12. The fraction of sp³-hybridized carbons (Fsp3) is 0.375. The number of hydrogen-bond donors (Lipinski definition) is 0. The third-order valence-corrected chi connectivity index (χ3v) is 2.52. The normalized spacial score (nSPS) is 12.8. The summed E-state index contributed by atoms with van der Waals surface area (Å²) in [5.41, 5.74) is -1.33. The molecule has 0 spiro atoms. The van der Waals surface area contributed by atoms with Crippen LogP contribution in [0, 0.1) is 0 Å². The molecular weight excluding hydrogens is 250 g/mol. The molecular formula is C8H7F4NO2S. The summed E-state index contributed by atoms with van der Waals surface area (Å²) in [6.07, 6.45) is -3.33. The van der Waals surface area contributed by atoms with Crippen LogP contribution >= 0.6 is 0 Å². The second kappa shape index (κ2) is 4.36. The average Bonchev–Trinajstić information content (AvgIpc) is 2.12. The summed E-state index contributed by atoms with van der Waals surface area (Å²) in [5.74, 6) is -0.984. The predicted molar refractivity (Wildman–Crippen MR) is 47.8 cm³/mol. The number of hydrogen-bond acceptors (Lipinski definition) is 3. The molecule has 0 bridgehead atoms. The number of halogens is 4. The predicted octanol–water partition coefficient (Wildman–Crippen LogP) is 1.94. The zero-order chi connectivity index (χ0) is 12.4. The topological polar surface area (TPSA) is 47.0 Å². The molecule has 16 heavy (non-hydrogen) atoms. The van der Waals surface area contributed by atoms with Gasteiger partial charge < -0.3 is 0 Å². The molecule has 0 aromatic carbocycles. The van der Waals surface area contributed by atoms with Gasteiger partial charge in [0.05, 0.1) is 11.3 Å². The smallest absolute Gasteiger partial charge is 0.264 e. The van der Waals surface area contributed by atoms with E-state index in [-0.39, 0.29) is 5.56 Å². The highest BCUT2D eigenvalue weighted by Gasteiger charge is 2.33. The molecule has 0 aliphatic carbocycles. The number of alkyl halides is 3. The zero-order valence-corrected chi connectivity index (χ0v) is 8.65. The molecule has 0 atom stereocenters. The molecule has 1 heterocycles. The van der Waals surface area contributed by atoms with E-state index in [1.165, 1.54) is 0 Å². The summed E-state index contributed by atoms with van der Waals surface area (Å²) in [4.78, 5) is 3.44. The summed E-state index contributed by atoms with van der Waals surface area (Å²) in [5, 5.41) is 0. The van der Waals surface area contributed by atoms with Gasteiger partial charge in [0.25, 0.3) is 0 Å². The highest BCUT2D eigenvalue weighted by molar-refractivity contribution is 7.86. The van der Waals surface area contributed by atoms with Crippen LogP contribution < -0.4 is 0 Å². The van der Waals surface area contributed by atoms with Crippen LogP contribution in [0.15, 0.2) is 18.5 Å². The van der Waals surface area contributed by atoms with Gasteiger partial charge in [-0.25, -0.2) is 0 Å². The quantitative estimate of drug-likeness (QED) is 0.614. The largest absolute Gasteiger partial charge is 0.416 e. The maximum absolute atomic E-state index is 12.4. The van der Waals surface area contributed by atoms with Crippen LogP contribution in [0.2, 0.25) is 0 Å². The van der Waals surface area contributed by atoms with Gasteiger partial charge in [0.15, 0.2) is 0 Å². The molecule has 0 N–H and O–H groups in total. The van der Waals surface area contributed by atoms with E-state index in [0.717, 1.165) is 18.5 Å². The second-order valence-corrected chi connectivity index (χ2v) is 4.51. The Kier molecular flexibility index (Phi) is 3.51. The zero-order valence-electron chi connectivity index (χ0n) is 7.83. The minimum atomic E-state index is -4.78. The molecule has 90 valence electrons. The van der Waals surface area contributed by atoms with Gasteiger partial charge in [-0.3, -0.25) is 4.98 Å². The molecule has 0 unspecified atom stereocenters. The first kappa shape index (κ1) is 12.9. The van der Waals surface area contributed by atoms with Crippen LogP contribution in [0.1, 0.15) is 11.1 Å². The number of nitrogens with zero attached hydrogens (tertiary/aromatic N) is 1. The van der Waals surface area contributed by atoms with E-state index in [2.05, 4.69) is 4.98 Å². The number of pyridine rings is 1. The van der Waals surface area contributed by atoms with E-state index in [1.54, 1.807) is 0 Å². The van der Waals surface area contributed by atoms with Gasteiger partial charge in [0, 0.05) is 12.4 Å². The van der Waals surface area contributed by atoms with Gasteiger partial charge >= 0.3 is 16.4 Å². The van der Waals surface area contributed by atoms with Crippen LogP contribution in [-0.2, 0) is 22.8 Å². The third-order valence-electron chi connectivity index (χ3n) is 1.82. The lowest BCUT2D eigenvalue weighted by atomic mass is 10.1. The first-order valence-corrected chi connectivity index (χ1v) is 5.68. The Bertz CT molecular complexity index is 469. The van der Waals surface area contributed by atoms with E-state index in [1.807, 2.05) is 0 Å². The highest BCUT2D eigenvalue weighted by atomic mass is 32.3. The second-order valence-electron chi connectivity index (χ2n) is 3.02. The van der Waals surface area contributed by atoms with Crippen LogP contribution in [0.25, 0.3) is 0 Å². The SMILES string of the molecule is O=S(=O)(F)CCc1cnccc1C(F)(F)F. The van der Waals surface area contributed by atoms with E-state index in [9.17, 15) is 25.5 Å². The van der Waals surface area contributed by atoms with E-state index in [0.29, 0.717) is 0 Å². The fourth-order valence-corrected chi connectivity index (χ4v) is 1.60. The summed E-state index contributed by atoms with van der Waals surface area (Å²) >= 11 is 0. The lowest BCUT2D eigenvalue weighted by molar-refractivity contribution is -0.138. The summed E-state index contributed by atoms with van der Waals surface area (Å²) in [7, 11) is -4.78. The van der Waals surface area contributed by atoms with Crippen molar-refractivity contribution >= 4 is 10.2 Å². The Morgan fingerprint density at radius 1 is 1.31 bits per heavy atom. The highest BCUT2D eigenvalue weighted by Crippen LogP contribution is 2.31. The minimum Gasteiger partial charge on any atom is -0.264 e. The average molecular weight is 257 g/mol. The Hall–Kier alpha value is -1.18. The van der Waals surface area contributed by atoms with Gasteiger partial charge in [-0.05, 0) is 18.1 Å². The van der Waals surface area contributed by atoms with Gasteiger partial charge in [-0.2, -0.15) is 21.6 Å². The van der Waals surface area contributed by atoms with Gasteiger partial charge in [0.1, 0.15) is 0 Å². The molecule has 0 radical (unpaired) electrons. The van der Waals surface area contributed by atoms with Crippen molar-refractivity contribution in [2.24, 2.45) is 0 Å². The molecule has 0 aliphatic rings. The van der Waals surface area contributed by atoms with Crippen molar-refractivity contribution in [2.75, 3.05) is 5.75 Å². The fourth-order valence-electron chi connectivity index (χ4n) is 1.13. The lowest BCUT2D eigenvalue weighted by Crippen LogP contribution is -2.12. The Morgan fingerprint density at radius 2 is 1.94 bits per heavy atom. The molecule has 0 amide bonds. The van der Waals surface area contributed by atoms with Gasteiger partial charge in [-0.1, -0.05) is 0 Å². The van der Waals surface area contributed by atoms with Crippen molar-refractivity contribution in [1.82, 2.24) is 4.98 Å². The Labute approximate surface area is 89.3 Å². The Balaban J connectivity index is 2.97. The molecule has 1 aromatic rings. The van der Waals surface area contributed by atoms with E-state index in [4.69, 9.17) is 0 Å². The molecule has 8 heteroatoms. The van der Waals surface area contributed by atoms with Crippen LogP contribution in [-0.4, -0.2) is 19.2 Å². The van der Waals surface area contributed by atoms with Crippen molar-refractivity contribution < 1.29 is 25.5 Å². The van der Waals surface area contributed by atoms with Crippen molar-refractivity contribution in [3.63, 3.8) is 0 Å². The molecule has 0 saturated heterocycles.